The summed E-state index contributed by atoms with van der Waals surface area (Å²) in [5.74, 6) is 0. The number of aliphatic hydroxyl groups excluding tert-OH is 1. The molecule has 3 nitrogen and oxygen atoms in total. The Morgan fingerprint density at radius 1 is 1.24 bits per heavy atom. The van der Waals surface area contributed by atoms with Crippen LogP contribution < -0.4 is 0 Å². The average Bonchev–Trinajstić information content (AvgIpc) is 2.19. The lowest BCUT2D eigenvalue weighted by Crippen LogP contribution is -2.44. The summed E-state index contributed by atoms with van der Waals surface area (Å²) < 4.78 is 22.0. The summed E-state index contributed by atoms with van der Waals surface area (Å²) in [6.45, 7) is 5.10. The Balaban J connectivity index is 2.86. The van der Waals surface area contributed by atoms with Gasteiger partial charge in [0.1, 0.15) is 0 Å². The van der Waals surface area contributed by atoms with E-state index in [2.05, 4.69) is 0 Å². The standard InChI is InChI=1S/C13H20O3S/c1-10-5-7-11(8-6-10)9-12(14)13(2,3)17(4,15)16/h5-8,12,14H,9H2,1-4H3. The third kappa shape index (κ3) is 3.30. The number of rotatable bonds is 4. The van der Waals surface area contributed by atoms with Crippen molar-refractivity contribution in [3.63, 3.8) is 0 Å². The molecule has 0 bridgehead atoms. The van der Waals surface area contributed by atoms with Crippen LogP contribution in [0.3, 0.4) is 0 Å². The Morgan fingerprint density at radius 2 is 1.71 bits per heavy atom. The number of sulfone groups is 1. The van der Waals surface area contributed by atoms with E-state index in [1.807, 2.05) is 31.2 Å². The minimum atomic E-state index is -3.28. The minimum Gasteiger partial charge on any atom is -0.391 e. The number of aliphatic hydroxyl groups is 1. The molecule has 0 saturated carbocycles. The molecule has 0 spiro atoms. The molecular weight excluding hydrogens is 236 g/mol. The third-order valence-electron chi connectivity index (χ3n) is 3.31. The molecule has 1 atom stereocenters. The number of hydrogen-bond donors (Lipinski definition) is 1. The monoisotopic (exact) mass is 256 g/mol. The van der Waals surface area contributed by atoms with E-state index >= 15 is 0 Å². The van der Waals surface area contributed by atoms with E-state index in [9.17, 15) is 13.5 Å². The maximum absolute atomic E-state index is 11.6. The Kier molecular flexibility index (Phi) is 3.99. The Bertz CT molecular complexity index is 472. The van der Waals surface area contributed by atoms with Gasteiger partial charge in [-0.2, -0.15) is 0 Å². The van der Waals surface area contributed by atoms with Crippen LogP contribution in [0.25, 0.3) is 0 Å². The van der Waals surface area contributed by atoms with Gasteiger partial charge in [0, 0.05) is 6.26 Å². The molecule has 0 amide bonds. The summed E-state index contributed by atoms with van der Waals surface area (Å²) in [5.41, 5.74) is 2.09. The summed E-state index contributed by atoms with van der Waals surface area (Å²) >= 11 is 0. The molecule has 1 unspecified atom stereocenters. The van der Waals surface area contributed by atoms with Crippen LogP contribution >= 0.6 is 0 Å². The van der Waals surface area contributed by atoms with E-state index in [1.54, 1.807) is 13.8 Å². The van der Waals surface area contributed by atoms with Crippen molar-refractivity contribution in [2.45, 2.75) is 38.0 Å². The second kappa shape index (κ2) is 4.78. The summed E-state index contributed by atoms with van der Waals surface area (Å²) in [6.07, 6.45) is 0.603. The first-order valence-corrected chi connectivity index (χ1v) is 7.47. The maximum Gasteiger partial charge on any atom is 0.155 e. The zero-order valence-corrected chi connectivity index (χ0v) is 11.6. The molecule has 4 heteroatoms. The molecule has 96 valence electrons. The van der Waals surface area contributed by atoms with Gasteiger partial charge in [-0.25, -0.2) is 8.42 Å². The molecule has 1 rings (SSSR count). The molecule has 0 aliphatic rings. The van der Waals surface area contributed by atoms with Crippen LogP contribution in [-0.4, -0.2) is 30.6 Å². The van der Waals surface area contributed by atoms with E-state index < -0.39 is 20.7 Å². The van der Waals surface area contributed by atoms with E-state index in [0.717, 1.165) is 17.4 Å². The first-order valence-electron chi connectivity index (χ1n) is 5.58. The lowest BCUT2D eigenvalue weighted by atomic mass is 9.98. The highest BCUT2D eigenvalue weighted by molar-refractivity contribution is 7.92. The van der Waals surface area contributed by atoms with Gasteiger partial charge in [0.05, 0.1) is 10.9 Å². The normalized spacial score (nSPS) is 14.6. The molecule has 1 aromatic carbocycles. The molecule has 0 aliphatic heterocycles. The summed E-state index contributed by atoms with van der Waals surface area (Å²) in [5, 5.41) is 10.1. The number of aryl methyl sites for hydroxylation is 1. The van der Waals surface area contributed by atoms with Gasteiger partial charge < -0.3 is 5.11 Å². The first-order chi connectivity index (χ1) is 7.64. The van der Waals surface area contributed by atoms with Crippen molar-refractivity contribution in [1.82, 2.24) is 0 Å². The fraction of sp³-hybridized carbons (Fsp3) is 0.538. The predicted molar refractivity (Wildman–Crippen MR) is 69.8 cm³/mol. The van der Waals surface area contributed by atoms with Crippen LogP contribution in [0.5, 0.6) is 0 Å². The third-order valence-corrected chi connectivity index (χ3v) is 5.49. The zero-order chi connectivity index (χ0) is 13.3. The molecule has 0 fully saturated rings. The second-order valence-electron chi connectivity index (χ2n) is 5.08. The van der Waals surface area contributed by atoms with Crippen LogP contribution in [0.4, 0.5) is 0 Å². The largest absolute Gasteiger partial charge is 0.391 e. The van der Waals surface area contributed by atoms with Gasteiger partial charge in [0.25, 0.3) is 0 Å². The molecule has 0 aromatic heterocycles. The van der Waals surface area contributed by atoms with Crippen molar-refractivity contribution < 1.29 is 13.5 Å². The smallest absolute Gasteiger partial charge is 0.155 e. The van der Waals surface area contributed by atoms with Crippen molar-refractivity contribution in [3.8, 4) is 0 Å². The molecule has 17 heavy (non-hydrogen) atoms. The van der Waals surface area contributed by atoms with Crippen LogP contribution in [0, 0.1) is 6.92 Å². The minimum absolute atomic E-state index is 0.348. The average molecular weight is 256 g/mol. The fourth-order valence-electron chi connectivity index (χ4n) is 1.44. The molecule has 0 heterocycles. The van der Waals surface area contributed by atoms with Crippen molar-refractivity contribution in [2.75, 3.05) is 6.26 Å². The van der Waals surface area contributed by atoms with E-state index in [0.29, 0.717) is 6.42 Å². The van der Waals surface area contributed by atoms with Crippen molar-refractivity contribution in [1.29, 1.82) is 0 Å². The Hall–Kier alpha value is -0.870. The number of hydrogen-bond acceptors (Lipinski definition) is 3. The quantitative estimate of drug-likeness (QED) is 0.892. The summed E-state index contributed by atoms with van der Waals surface area (Å²) in [4.78, 5) is 0. The molecule has 0 aliphatic carbocycles. The number of benzene rings is 1. The van der Waals surface area contributed by atoms with Gasteiger partial charge in [0.2, 0.25) is 0 Å². The van der Waals surface area contributed by atoms with Crippen LogP contribution in [0.15, 0.2) is 24.3 Å². The van der Waals surface area contributed by atoms with E-state index in [-0.39, 0.29) is 0 Å². The van der Waals surface area contributed by atoms with Crippen molar-refractivity contribution >= 4 is 9.84 Å². The highest BCUT2D eigenvalue weighted by Gasteiger charge is 2.37. The summed E-state index contributed by atoms with van der Waals surface area (Å²) in [6, 6.07) is 7.73. The Morgan fingerprint density at radius 3 is 2.12 bits per heavy atom. The maximum atomic E-state index is 11.6. The fourth-order valence-corrected chi connectivity index (χ4v) is 2.02. The van der Waals surface area contributed by atoms with Gasteiger partial charge in [-0.3, -0.25) is 0 Å². The topological polar surface area (TPSA) is 54.4 Å². The molecular formula is C13H20O3S. The first kappa shape index (κ1) is 14.2. The van der Waals surface area contributed by atoms with Gasteiger partial charge in [-0.05, 0) is 32.8 Å². The highest BCUT2D eigenvalue weighted by Crippen LogP contribution is 2.23. The lowest BCUT2D eigenvalue weighted by Gasteiger charge is -2.28. The molecule has 0 radical (unpaired) electrons. The summed E-state index contributed by atoms with van der Waals surface area (Å²) in [7, 11) is -3.28. The van der Waals surface area contributed by atoms with Gasteiger partial charge in [0.15, 0.2) is 9.84 Å². The molecule has 1 N–H and O–H groups in total. The lowest BCUT2D eigenvalue weighted by molar-refractivity contribution is 0.138. The molecule has 1 aromatic rings. The molecule has 0 saturated heterocycles. The van der Waals surface area contributed by atoms with E-state index in [1.165, 1.54) is 0 Å². The SMILES string of the molecule is Cc1ccc(CC(O)C(C)(C)S(C)(=O)=O)cc1. The van der Waals surface area contributed by atoms with E-state index in [4.69, 9.17) is 0 Å². The van der Waals surface area contributed by atoms with Gasteiger partial charge >= 0.3 is 0 Å². The second-order valence-corrected chi connectivity index (χ2v) is 7.68. The highest BCUT2D eigenvalue weighted by atomic mass is 32.2. The van der Waals surface area contributed by atoms with Crippen molar-refractivity contribution in [3.05, 3.63) is 35.4 Å². The zero-order valence-electron chi connectivity index (χ0n) is 10.8. The van der Waals surface area contributed by atoms with Gasteiger partial charge in [-0.1, -0.05) is 29.8 Å². The van der Waals surface area contributed by atoms with Crippen molar-refractivity contribution in [2.24, 2.45) is 0 Å². The van der Waals surface area contributed by atoms with Gasteiger partial charge in [-0.15, -0.1) is 0 Å². The van der Waals surface area contributed by atoms with Crippen LogP contribution in [0.1, 0.15) is 25.0 Å². The van der Waals surface area contributed by atoms with Crippen LogP contribution in [0.2, 0.25) is 0 Å². The van der Waals surface area contributed by atoms with Crippen LogP contribution in [-0.2, 0) is 16.3 Å². The predicted octanol–water partition coefficient (Wildman–Crippen LogP) is 1.72. The Labute approximate surface area is 103 Å².